The molecule has 178 valence electrons. The van der Waals surface area contributed by atoms with Crippen molar-refractivity contribution in [3.8, 4) is 11.1 Å². The maximum Gasteiger partial charge on any atom is 0.254 e. The summed E-state index contributed by atoms with van der Waals surface area (Å²) < 4.78 is 0. The summed E-state index contributed by atoms with van der Waals surface area (Å²) in [5.41, 5.74) is 13.0. The highest BCUT2D eigenvalue weighted by Crippen LogP contribution is 2.41. The Kier molecular flexibility index (Phi) is 5.11. The third-order valence-corrected chi connectivity index (χ3v) is 7.21. The Labute approximate surface area is 204 Å². The summed E-state index contributed by atoms with van der Waals surface area (Å²) in [6, 6.07) is 15.4. The van der Waals surface area contributed by atoms with Crippen molar-refractivity contribution in [1.82, 2.24) is 4.98 Å². The fourth-order valence-corrected chi connectivity index (χ4v) is 5.04. The van der Waals surface area contributed by atoms with Gasteiger partial charge in [0.15, 0.2) is 0 Å². The van der Waals surface area contributed by atoms with Crippen LogP contribution in [0, 0.1) is 6.92 Å². The number of carbonyl (C=O) groups is 2. The number of anilines is 1. The molecule has 0 fully saturated rings. The molecule has 2 amide bonds. The van der Waals surface area contributed by atoms with Crippen LogP contribution in [-0.2, 0) is 10.4 Å². The standard InChI is InChI=1S/C29H29N3O3/c1-15-14-32(28(34)16(15)2)24-8-6-7-19(17(24)3)20-11-12-22(27(30)33)26-25(20)21-10-9-18(29(4,5)35)13-23(21)31-26/h6-13,31,35H,14H2,1-5H3,(H2,30,33). The van der Waals surface area contributed by atoms with E-state index in [2.05, 4.69) is 4.98 Å². The molecule has 4 N–H and O–H groups in total. The van der Waals surface area contributed by atoms with Crippen LogP contribution >= 0.6 is 0 Å². The van der Waals surface area contributed by atoms with Crippen LogP contribution in [-0.4, -0.2) is 28.4 Å². The lowest BCUT2D eigenvalue weighted by atomic mass is 9.92. The second kappa shape index (κ2) is 7.82. The van der Waals surface area contributed by atoms with Crippen LogP contribution in [0.1, 0.15) is 49.2 Å². The molecule has 35 heavy (non-hydrogen) atoms. The number of benzene rings is 3. The molecule has 0 unspecified atom stereocenters. The number of carbonyl (C=O) groups excluding carboxylic acids is 2. The number of hydrogen-bond donors (Lipinski definition) is 3. The Hall–Kier alpha value is -3.90. The predicted octanol–water partition coefficient (Wildman–Crippen LogP) is 5.31. The molecule has 0 bridgehead atoms. The Morgan fingerprint density at radius 1 is 1.06 bits per heavy atom. The number of aliphatic hydroxyl groups is 1. The fraction of sp³-hybridized carbons (Fsp3) is 0.241. The van der Waals surface area contributed by atoms with E-state index in [0.717, 1.165) is 55.4 Å². The molecular weight excluding hydrogens is 438 g/mol. The normalized spacial score (nSPS) is 14.6. The molecule has 5 rings (SSSR count). The second-order valence-electron chi connectivity index (χ2n) is 9.97. The van der Waals surface area contributed by atoms with E-state index in [1.165, 1.54) is 0 Å². The van der Waals surface area contributed by atoms with Crippen molar-refractivity contribution in [1.29, 1.82) is 0 Å². The third-order valence-electron chi connectivity index (χ3n) is 7.21. The Balaban J connectivity index is 1.77. The van der Waals surface area contributed by atoms with Gasteiger partial charge in [0.2, 0.25) is 0 Å². The van der Waals surface area contributed by atoms with Gasteiger partial charge in [0.05, 0.1) is 16.7 Å². The predicted molar refractivity (Wildman–Crippen MR) is 140 cm³/mol. The summed E-state index contributed by atoms with van der Waals surface area (Å²) in [5, 5.41) is 12.3. The number of nitrogens with two attached hydrogens (primary N) is 1. The second-order valence-corrected chi connectivity index (χ2v) is 9.97. The van der Waals surface area contributed by atoms with Crippen LogP contribution in [0.2, 0.25) is 0 Å². The van der Waals surface area contributed by atoms with Crippen molar-refractivity contribution in [2.75, 3.05) is 11.4 Å². The van der Waals surface area contributed by atoms with Crippen molar-refractivity contribution in [2.24, 2.45) is 5.73 Å². The first-order valence-corrected chi connectivity index (χ1v) is 11.7. The topological polar surface area (TPSA) is 99.4 Å². The monoisotopic (exact) mass is 467 g/mol. The van der Waals surface area contributed by atoms with Gasteiger partial charge in [-0.05, 0) is 80.6 Å². The Morgan fingerprint density at radius 3 is 2.43 bits per heavy atom. The minimum Gasteiger partial charge on any atom is -0.386 e. The van der Waals surface area contributed by atoms with Crippen molar-refractivity contribution in [3.05, 3.63) is 76.4 Å². The zero-order chi connectivity index (χ0) is 25.2. The van der Waals surface area contributed by atoms with E-state index in [1.807, 2.05) is 68.1 Å². The number of amides is 2. The van der Waals surface area contributed by atoms with Gasteiger partial charge in [0, 0.05) is 34.1 Å². The number of nitrogens with zero attached hydrogens (tertiary/aromatic N) is 1. The van der Waals surface area contributed by atoms with Crippen molar-refractivity contribution >= 4 is 39.3 Å². The molecular formula is C29H29N3O3. The average Bonchev–Trinajstić information content (AvgIpc) is 3.30. The highest BCUT2D eigenvalue weighted by atomic mass is 16.3. The van der Waals surface area contributed by atoms with Gasteiger partial charge >= 0.3 is 0 Å². The number of aromatic amines is 1. The number of nitrogens with one attached hydrogen (secondary N) is 1. The molecule has 3 aromatic carbocycles. The van der Waals surface area contributed by atoms with E-state index < -0.39 is 11.5 Å². The molecule has 6 nitrogen and oxygen atoms in total. The van der Waals surface area contributed by atoms with Crippen LogP contribution in [0.4, 0.5) is 5.69 Å². The molecule has 1 aliphatic heterocycles. The summed E-state index contributed by atoms with van der Waals surface area (Å²) in [4.78, 5) is 30.4. The first-order valence-electron chi connectivity index (χ1n) is 11.7. The molecule has 1 aromatic heterocycles. The quantitative estimate of drug-likeness (QED) is 0.379. The maximum absolute atomic E-state index is 12.9. The smallest absolute Gasteiger partial charge is 0.254 e. The molecule has 0 saturated carbocycles. The van der Waals surface area contributed by atoms with Crippen LogP contribution in [0.5, 0.6) is 0 Å². The lowest BCUT2D eigenvalue weighted by Gasteiger charge is -2.22. The van der Waals surface area contributed by atoms with Gasteiger partial charge in [-0.1, -0.05) is 30.3 Å². The van der Waals surface area contributed by atoms with Gasteiger partial charge in [-0.3, -0.25) is 9.59 Å². The SMILES string of the molecule is CC1=C(C)C(=O)N(c2cccc(-c3ccc(C(N)=O)c4[nH]c5cc(C(C)(C)O)ccc5c34)c2C)C1. The van der Waals surface area contributed by atoms with Gasteiger partial charge in [-0.25, -0.2) is 0 Å². The summed E-state index contributed by atoms with van der Waals surface area (Å²) in [6.07, 6.45) is 0. The van der Waals surface area contributed by atoms with Crippen molar-refractivity contribution in [3.63, 3.8) is 0 Å². The highest BCUT2D eigenvalue weighted by Gasteiger charge is 2.28. The van der Waals surface area contributed by atoms with Gasteiger partial charge < -0.3 is 20.7 Å². The van der Waals surface area contributed by atoms with Crippen LogP contribution < -0.4 is 10.6 Å². The molecule has 6 heteroatoms. The van der Waals surface area contributed by atoms with E-state index in [4.69, 9.17) is 5.73 Å². The van der Waals surface area contributed by atoms with Crippen LogP contribution in [0.15, 0.2) is 59.7 Å². The zero-order valence-corrected chi connectivity index (χ0v) is 20.6. The first-order chi connectivity index (χ1) is 16.5. The summed E-state index contributed by atoms with van der Waals surface area (Å²) in [6.45, 7) is 9.95. The van der Waals surface area contributed by atoms with Gasteiger partial charge in [-0.2, -0.15) is 0 Å². The van der Waals surface area contributed by atoms with E-state index in [0.29, 0.717) is 17.6 Å². The number of primary amides is 1. The lowest BCUT2D eigenvalue weighted by Crippen LogP contribution is -2.27. The molecule has 1 aliphatic rings. The summed E-state index contributed by atoms with van der Waals surface area (Å²) in [5.74, 6) is -0.482. The number of fused-ring (bicyclic) bond motifs is 3. The molecule has 0 aliphatic carbocycles. The van der Waals surface area contributed by atoms with Crippen LogP contribution in [0.3, 0.4) is 0 Å². The molecule has 0 radical (unpaired) electrons. The lowest BCUT2D eigenvalue weighted by molar-refractivity contribution is -0.114. The Morgan fingerprint density at radius 2 is 1.80 bits per heavy atom. The number of aromatic nitrogens is 1. The number of rotatable bonds is 4. The van der Waals surface area contributed by atoms with E-state index in [-0.39, 0.29) is 5.91 Å². The highest BCUT2D eigenvalue weighted by molar-refractivity contribution is 6.20. The number of hydrogen-bond acceptors (Lipinski definition) is 3. The Bertz CT molecular complexity index is 1580. The minimum absolute atomic E-state index is 0.0308. The minimum atomic E-state index is -1.00. The molecule has 0 atom stereocenters. The van der Waals surface area contributed by atoms with Crippen molar-refractivity contribution < 1.29 is 14.7 Å². The van der Waals surface area contributed by atoms with Gasteiger partial charge in [0.1, 0.15) is 0 Å². The van der Waals surface area contributed by atoms with E-state index in [1.54, 1.807) is 19.9 Å². The van der Waals surface area contributed by atoms with Crippen molar-refractivity contribution in [2.45, 2.75) is 40.2 Å². The van der Waals surface area contributed by atoms with E-state index in [9.17, 15) is 14.7 Å². The molecule has 2 heterocycles. The maximum atomic E-state index is 12.9. The zero-order valence-electron chi connectivity index (χ0n) is 20.6. The molecule has 0 spiro atoms. The summed E-state index contributed by atoms with van der Waals surface area (Å²) in [7, 11) is 0. The number of H-pyrrole nitrogens is 1. The third kappa shape index (κ3) is 3.53. The largest absolute Gasteiger partial charge is 0.386 e. The first kappa shape index (κ1) is 22.9. The molecule has 4 aromatic rings. The van der Waals surface area contributed by atoms with Gasteiger partial charge in [-0.15, -0.1) is 0 Å². The average molecular weight is 468 g/mol. The van der Waals surface area contributed by atoms with Gasteiger partial charge in [0.25, 0.3) is 11.8 Å². The van der Waals surface area contributed by atoms with E-state index >= 15 is 0 Å². The molecule has 0 saturated heterocycles. The summed E-state index contributed by atoms with van der Waals surface area (Å²) >= 11 is 0. The fourth-order valence-electron chi connectivity index (χ4n) is 5.04. The van der Waals surface area contributed by atoms with Crippen LogP contribution in [0.25, 0.3) is 32.9 Å².